The van der Waals surface area contributed by atoms with Crippen LogP contribution in [0.2, 0.25) is 0 Å². The Labute approximate surface area is 179 Å². The van der Waals surface area contributed by atoms with Crippen LogP contribution in [0, 0.1) is 6.92 Å². The van der Waals surface area contributed by atoms with Gasteiger partial charge in [0, 0.05) is 12.0 Å². The Morgan fingerprint density at radius 1 is 0.871 bits per heavy atom. The monoisotopic (exact) mass is 418 g/mol. The number of benzene rings is 3. The highest BCUT2D eigenvalue weighted by atomic mass is 16.4. The van der Waals surface area contributed by atoms with Crippen LogP contribution in [-0.2, 0) is 11.2 Å². The van der Waals surface area contributed by atoms with E-state index in [-0.39, 0.29) is 29.3 Å². The van der Waals surface area contributed by atoms with E-state index in [0.29, 0.717) is 11.1 Å². The molecule has 0 saturated carbocycles. The minimum absolute atomic E-state index is 0.0409. The third kappa shape index (κ3) is 5.70. The molecule has 1 unspecified atom stereocenters. The quantitative estimate of drug-likeness (QED) is 0.469. The molecule has 0 heterocycles. The van der Waals surface area contributed by atoms with Gasteiger partial charge in [0.15, 0.2) is 0 Å². The van der Waals surface area contributed by atoms with Gasteiger partial charge in [-0.05, 0) is 48.9 Å². The summed E-state index contributed by atoms with van der Waals surface area (Å²) in [6, 6.07) is 18.3. The minimum Gasteiger partial charge on any atom is -0.508 e. The van der Waals surface area contributed by atoms with E-state index in [1.165, 1.54) is 18.2 Å². The molecule has 3 rings (SSSR count). The predicted molar refractivity (Wildman–Crippen MR) is 116 cm³/mol. The van der Waals surface area contributed by atoms with Crippen LogP contribution in [0.3, 0.4) is 0 Å². The first-order valence-corrected chi connectivity index (χ1v) is 9.62. The fourth-order valence-corrected chi connectivity index (χ4v) is 2.99. The van der Waals surface area contributed by atoms with E-state index in [9.17, 15) is 24.6 Å². The van der Waals surface area contributed by atoms with Gasteiger partial charge in [-0.3, -0.25) is 9.59 Å². The van der Waals surface area contributed by atoms with Crippen molar-refractivity contribution < 1.29 is 24.6 Å². The highest BCUT2D eigenvalue weighted by Crippen LogP contribution is 2.18. The van der Waals surface area contributed by atoms with E-state index in [1.54, 1.807) is 42.5 Å². The SMILES string of the molecule is Cc1ccc(C(=O)Nc2ccccc2C(=O)NC(Cc2ccc(O)cc2)C(=O)O)cc1. The number of phenols is 1. The van der Waals surface area contributed by atoms with Crippen molar-refractivity contribution in [2.24, 2.45) is 0 Å². The standard InChI is InChI=1S/C24H22N2O5/c1-15-6-10-17(11-7-15)22(28)25-20-5-3-2-4-19(20)23(29)26-21(24(30)31)14-16-8-12-18(27)13-9-16/h2-13,21,27H,14H2,1H3,(H,25,28)(H,26,29)(H,30,31). The van der Waals surface area contributed by atoms with Crippen LogP contribution in [0.5, 0.6) is 5.75 Å². The molecule has 0 aromatic heterocycles. The Bertz CT molecular complexity index is 1090. The number of nitrogens with one attached hydrogen (secondary N) is 2. The Hall–Kier alpha value is -4.13. The summed E-state index contributed by atoms with van der Waals surface area (Å²) in [6.07, 6.45) is 0.0409. The zero-order chi connectivity index (χ0) is 22.4. The number of amides is 2. The number of carboxylic acid groups (broad SMARTS) is 1. The summed E-state index contributed by atoms with van der Waals surface area (Å²) in [5, 5.41) is 24.1. The smallest absolute Gasteiger partial charge is 0.326 e. The molecule has 0 saturated heterocycles. The van der Waals surface area contributed by atoms with Gasteiger partial charge in [-0.25, -0.2) is 4.79 Å². The summed E-state index contributed by atoms with van der Waals surface area (Å²) in [5.74, 6) is -2.12. The molecule has 158 valence electrons. The molecule has 0 aliphatic rings. The zero-order valence-corrected chi connectivity index (χ0v) is 16.8. The van der Waals surface area contributed by atoms with Gasteiger partial charge >= 0.3 is 5.97 Å². The maximum atomic E-state index is 12.8. The highest BCUT2D eigenvalue weighted by Gasteiger charge is 2.23. The summed E-state index contributed by atoms with van der Waals surface area (Å²) in [4.78, 5) is 37.0. The van der Waals surface area contributed by atoms with Crippen LogP contribution in [0.25, 0.3) is 0 Å². The largest absolute Gasteiger partial charge is 0.508 e. The number of carbonyl (C=O) groups is 3. The van der Waals surface area contributed by atoms with Gasteiger partial charge in [-0.2, -0.15) is 0 Å². The van der Waals surface area contributed by atoms with E-state index >= 15 is 0 Å². The van der Waals surface area contributed by atoms with Crippen LogP contribution in [0.1, 0.15) is 31.8 Å². The molecule has 0 spiro atoms. The molecule has 0 aliphatic carbocycles. The fraction of sp³-hybridized carbons (Fsp3) is 0.125. The van der Waals surface area contributed by atoms with Crippen LogP contribution in [0.15, 0.2) is 72.8 Å². The molecule has 0 fully saturated rings. The second kappa shape index (κ2) is 9.58. The zero-order valence-electron chi connectivity index (χ0n) is 16.8. The lowest BCUT2D eigenvalue weighted by molar-refractivity contribution is -0.139. The first kappa shape index (κ1) is 21.6. The molecule has 0 aliphatic heterocycles. The lowest BCUT2D eigenvalue weighted by Gasteiger charge is -2.17. The van der Waals surface area contributed by atoms with Gasteiger partial charge in [0.1, 0.15) is 11.8 Å². The Balaban J connectivity index is 1.76. The second-order valence-electron chi connectivity index (χ2n) is 7.10. The minimum atomic E-state index is -1.19. The molecule has 2 amide bonds. The van der Waals surface area contributed by atoms with Crippen LogP contribution >= 0.6 is 0 Å². The predicted octanol–water partition coefficient (Wildman–Crippen LogP) is 3.38. The molecule has 3 aromatic carbocycles. The van der Waals surface area contributed by atoms with Gasteiger partial charge in [-0.15, -0.1) is 0 Å². The summed E-state index contributed by atoms with van der Waals surface area (Å²) in [7, 11) is 0. The van der Waals surface area contributed by atoms with Crippen molar-refractivity contribution in [2.75, 3.05) is 5.32 Å². The number of phenolic OH excluding ortho intramolecular Hbond substituents is 1. The molecule has 0 radical (unpaired) electrons. The Kier molecular flexibility index (Phi) is 6.67. The molecule has 3 aromatic rings. The normalized spacial score (nSPS) is 11.4. The molecule has 7 nitrogen and oxygen atoms in total. The molecule has 31 heavy (non-hydrogen) atoms. The average molecular weight is 418 g/mol. The Morgan fingerprint density at radius 2 is 1.52 bits per heavy atom. The number of para-hydroxylation sites is 1. The van der Waals surface area contributed by atoms with Crippen molar-refractivity contribution in [3.63, 3.8) is 0 Å². The van der Waals surface area contributed by atoms with Gasteiger partial charge in [0.05, 0.1) is 11.3 Å². The number of rotatable bonds is 7. The van der Waals surface area contributed by atoms with Gasteiger partial charge < -0.3 is 20.8 Å². The van der Waals surface area contributed by atoms with Gasteiger partial charge in [0.25, 0.3) is 11.8 Å². The Morgan fingerprint density at radius 3 is 2.16 bits per heavy atom. The molecule has 1 atom stereocenters. The maximum absolute atomic E-state index is 12.8. The third-order valence-corrected chi connectivity index (χ3v) is 4.71. The maximum Gasteiger partial charge on any atom is 0.326 e. The van der Waals surface area contributed by atoms with Crippen LogP contribution < -0.4 is 10.6 Å². The molecule has 7 heteroatoms. The number of hydrogen-bond acceptors (Lipinski definition) is 4. The highest BCUT2D eigenvalue weighted by molar-refractivity contribution is 6.09. The van der Waals surface area contributed by atoms with E-state index in [4.69, 9.17) is 0 Å². The average Bonchev–Trinajstić information content (AvgIpc) is 2.75. The fourth-order valence-electron chi connectivity index (χ4n) is 2.99. The van der Waals surface area contributed by atoms with E-state index in [0.717, 1.165) is 5.56 Å². The topological polar surface area (TPSA) is 116 Å². The van der Waals surface area contributed by atoms with E-state index in [2.05, 4.69) is 10.6 Å². The van der Waals surface area contributed by atoms with Crippen molar-refractivity contribution in [3.05, 3.63) is 95.1 Å². The molecule has 0 bridgehead atoms. The number of carbonyl (C=O) groups excluding carboxylic acids is 2. The first-order chi connectivity index (χ1) is 14.8. The third-order valence-electron chi connectivity index (χ3n) is 4.71. The summed E-state index contributed by atoms with van der Waals surface area (Å²) in [6.45, 7) is 1.92. The van der Waals surface area contributed by atoms with Crippen LogP contribution in [0.4, 0.5) is 5.69 Å². The number of aryl methyl sites for hydroxylation is 1. The van der Waals surface area contributed by atoms with Crippen molar-refractivity contribution in [1.82, 2.24) is 5.32 Å². The van der Waals surface area contributed by atoms with E-state index in [1.807, 2.05) is 19.1 Å². The van der Waals surface area contributed by atoms with Crippen molar-refractivity contribution in [3.8, 4) is 5.75 Å². The van der Waals surface area contributed by atoms with Crippen molar-refractivity contribution in [1.29, 1.82) is 0 Å². The molecular formula is C24H22N2O5. The second-order valence-corrected chi connectivity index (χ2v) is 7.10. The number of anilines is 1. The number of hydrogen-bond donors (Lipinski definition) is 4. The van der Waals surface area contributed by atoms with Crippen molar-refractivity contribution in [2.45, 2.75) is 19.4 Å². The summed E-state index contributed by atoms with van der Waals surface area (Å²) in [5.41, 5.74) is 2.53. The number of carboxylic acids is 1. The lowest BCUT2D eigenvalue weighted by atomic mass is 10.0. The first-order valence-electron chi connectivity index (χ1n) is 9.62. The number of aromatic hydroxyl groups is 1. The summed E-state index contributed by atoms with van der Waals surface area (Å²) >= 11 is 0. The van der Waals surface area contributed by atoms with Gasteiger partial charge in [-0.1, -0.05) is 42.0 Å². The lowest BCUT2D eigenvalue weighted by Crippen LogP contribution is -2.42. The van der Waals surface area contributed by atoms with E-state index < -0.39 is 17.9 Å². The summed E-state index contributed by atoms with van der Waals surface area (Å²) < 4.78 is 0. The number of aliphatic carboxylic acids is 1. The molecule has 4 N–H and O–H groups in total. The molecular weight excluding hydrogens is 396 g/mol. The van der Waals surface area contributed by atoms with Gasteiger partial charge in [0.2, 0.25) is 0 Å². The van der Waals surface area contributed by atoms with Crippen LogP contribution in [-0.4, -0.2) is 34.0 Å². The van der Waals surface area contributed by atoms with Crippen molar-refractivity contribution >= 4 is 23.5 Å².